The van der Waals surface area contributed by atoms with Gasteiger partial charge in [0.15, 0.2) is 12.4 Å². The monoisotopic (exact) mass is 548 g/mol. The van der Waals surface area contributed by atoms with E-state index in [4.69, 9.17) is 4.74 Å². The van der Waals surface area contributed by atoms with E-state index in [1.807, 2.05) is 13.0 Å². The molecule has 0 spiro atoms. The zero-order valence-corrected chi connectivity index (χ0v) is 22.7. The Morgan fingerprint density at radius 1 is 1.08 bits per heavy atom. The molecule has 3 aliphatic carbocycles. The van der Waals surface area contributed by atoms with E-state index in [9.17, 15) is 18.0 Å². The Labute approximate surface area is 225 Å². The van der Waals surface area contributed by atoms with Crippen LogP contribution in [0, 0.1) is 17.8 Å². The average molecular weight is 549 g/mol. The van der Waals surface area contributed by atoms with Crippen molar-refractivity contribution in [3.63, 3.8) is 0 Å². The minimum absolute atomic E-state index is 0.130. The molecule has 3 fully saturated rings. The number of hydrogen-bond acceptors (Lipinski definition) is 7. The number of rotatable bonds is 9. The number of alkyl halides is 3. The van der Waals surface area contributed by atoms with Crippen molar-refractivity contribution in [3.8, 4) is 5.19 Å². The molecule has 0 atom stereocenters. The van der Waals surface area contributed by atoms with Crippen LogP contribution in [0.1, 0.15) is 73.3 Å². The largest absolute Gasteiger partial charge is 0.460 e. The fourth-order valence-electron chi connectivity index (χ4n) is 6.30. The fraction of sp³-hybridized carbons (Fsp3) is 0.643. The van der Waals surface area contributed by atoms with Crippen molar-refractivity contribution in [1.82, 2.24) is 19.9 Å². The van der Waals surface area contributed by atoms with Crippen LogP contribution in [-0.2, 0) is 17.6 Å². The first-order valence-corrected chi connectivity index (χ1v) is 14.3. The molecule has 0 N–H and O–H groups in total. The summed E-state index contributed by atoms with van der Waals surface area (Å²) in [6.45, 7) is 3.37. The Balaban J connectivity index is 1.07. The molecule has 206 valence electrons. The predicted molar refractivity (Wildman–Crippen MR) is 140 cm³/mol. The number of ketones is 1. The SMILES string of the molecule is Cc1ncc(/C=C/C(=O)CC23CCC(CCN4CCc5nc(OCC(F)(F)F)sc5CC4)(CC2)CC3)cn1. The van der Waals surface area contributed by atoms with Crippen LogP contribution in [0.4, 0.5) is 13.2 Å². The topological polar surface area (TPSA) is 68.2 Å². The fourth-order valence-corrected chi connectivity index (χ4v) is 7.24. The Morgan fingerprint density at radius 3 is 2.42 bits per heavy atom. The summed E-state index contributed by atoms with van der Waals surface area (Å²) in [5.41, 5.74) is 2.28. The second-order valence-electron chi connectivity index (χ2n) is 11.4. The highest BCUT2D eigenvalue weighted by Gasteiger charge is 2.48. The summed E-state index contributed by atoms with van der Waals surface area (Å²) in [6.07, 6.45) is 13.0. The molecule has 4 aliphatic rings. The van der Waals surface area contributed by atoms with Gasteiger partial charge in [0, 0.05) is 48.8 Å². The molecule has 2 aromatic rings. The van der Waals surface area contributed by atoms with Crippen molar-refractivity contribution >= 4 is 23.2 Å². The maximum atomic E-state index is 12.8. The number of aryl methyl sites for hydroxylation is 1. The van der Waals surface area contributed by atoms with Crippen LogP contribution in [0.2, 0.25) is 0 Å². The van der Waals surface area contributed by atoms with Crippen LogP contribution < -0.4 is 4.74 Å². The van der Waals surface area contributed by atoms with Gasteiger partial charge in [-0.2, -0.15) is 13.2 Å². The third-order valence-corrected chi connectivity index (χ3v) is 9.83. The van der Waals surface area contributed by atoms with Gasteiger partial charge in [0.25, 0.3) is 5.19 Å². The predicted octanol–water partition coefficient (Wildman–Crippen LogP) is 5.99. The number of hydrogen-bond donors (Lipinski definition) is 0. The Hall–Kier alpha value is -2.33. The molecular weight excluding hydrogens is 513 g/mol. The van der Waals surface area contributed by atoms with Gasteiger partial charge in [-0.15, -0.1) is 0 Å². The molecule has 1 aliphatic heterocycles. The minimum Gasteiger partial charge on any atom is -0.460 e. The van der Waals surface area contributed by atoms with E-state index >= 15 is 0 Å². The van der Waals surface area contributed by atoms with Gasteiger partial charge in [0.2, 0.25) is 0 Å². The smallest absolute Gasteiger partial charge is 0.422 e. The lowest BCUT2D eigenvalue weighted by atomic mass is 9.51. The lowest BCUT2D eigenvalue weighted by Gasteiger charge is -2.54. The molecule has 38 heavy (non-hydrogen) atoms. The van der Waals surface area contributed by atoms with E-state index in [-0.39, 0.29) is 16.4 Å². The molecule has 10 heteroatoms. The van der Waals surface area contributed by atoms with Gasteiger partial charge in [0.1, 0.15) is 5.82 Å². The second-order valence-corrected chi connectivity index (χ2v) is 12.4. The molecule has 2 aromatic heterocycles. The number of carbonyl (C=O) groups is 1. The van der Waals surface area contributed by atoms with E-state index in [1.54, 1.807) is 18.5 Å². The Morgan fingerprint density at radius 2 is 1.74 bits per heavy atom. The number of allylic oxidation sites excluding steroid dienone is 1. The van der Waals surface area contributed by atoms with E-state index in [2.05, 4.69) is 19.9 Å². The molecule has 0 saturated heterocycles. The quantitative estimate of drug-likeness (QED) is 0.359. The van der Waals surface area contributed by atoms with Gasteiger partial charge in [0.05, 0.1) is 5.69 Å². The normalized spacial score (nSPS) is 25.9. The molecule has 0 amide bonds. The zero-order valence-electron chi connectivity index (χ0n) is 21.9. The summed E-state index contributed by atoms with van der Waals surface area (Å²) < 4.78 is 42.2. The summed E-state index contributed by atoms with van der Waals surface area (Å²) in [7, 11) is 0. The van der Waals surface area contributed by atoms with Gasteiger partial charge in [-0.05, 0) is 87.8 Å². The molecule has 2 bridgehead atoms. The van der Waals surface area contributed by atoms with Gasteiger partial charge in [-0.25, -0.2) is 15.0 Å². The highest BCUT2D eigenvalue weighted by Crippen LogP contribution is 2.59. The molecule has 0 aromatic carbocycles. The Bertz CT molecular complexity index is 1110. The summed E-state index contributed by atoms with van der Waals surface area (Å²) in [6, 6.07) is 0. The van der Waals surface area contributed by atoms with E-state index in [0.29, 0.717) is 11.8 Å². The number of ether oxygens (including phenoxy) is 1. The summed E-state index contributed by atoms with van der Waals surface area (Å²) in [5.74, 6) is 0.911. The van der Waals surface area contributed by atoms with Crippen LogP contribution in [0.3, 0.4) is 0 Å². The molecule has 3 heterocycles. The highest BCUT2D eigenvalue weighted by molar-refractivity contribution is 7.13. The molecule has 3 saturated carbocycles. The first kappa shape index (κ1) is 27.2. The summed E-state index contributed by atoms with van der Waals surface area (Å²) in [4.78, 5) is 29.0. The van der Waals surface area contributed by atoms with Crippen molar-refractivity contribution in [3.05, 3.63) is 40.4 Å². The van der Waals surface area contributed by atoms with E-state index < -0.39 is 12.8 Å². The number of halogens is 3. The third kappa shape index (κ3) is 6.81. The molecular formula is C28H35F3N4O2S. The van der Waals surface area contributed by atoms with E-state index in [0.717, 1.165) is 73.7 Å². The third-order valence-electron chi connectivity index (χ3n) is 8.77. The maximum absolute atomic E-state index is 12.8. The van der Waals surface area contributed by atoms with Crippen molar-refractivity contribution in [2.75, 3.05) is 26.2 Å². The average Bonchev–Trinajstić information content (AvgIpc) is 3.19. The zero-order chi connectivity index (χ0) is 26.8. The lowest BCUT2D eigenvalue weighted by Crippen LogP contribution is -2.44. The number of fused-ring (bicyclic) bond motifs is 4. The summed E-state index contributed by atoms with van der Waals surface area (Å²) in [5, 5.41) is 0.130. The lowest BCUT2D eigenvalue weighted by molar-refractivity contribution is -0.153. The van der Waals surface area contributed by atoms with Crippen molar-refractivity contribution in [1.29, 1.82) is 0 Å². The highest BCUT2D eigenvalue weighted by atomic mass is 32.1. The van der Waals surface area contributed by atoms with Gasteiger partial charge in [-0.1, -0.05) is 11.3 Å². The standard InChI is InChI=1S/C28H35F3N4O2S/c1-20-32-17-21(18-33-20)2-3-22(36)16-27-9-6-26(7-10-27,8-11-27)12-15-35-13-4-23-24(5-14-35)38-25(34-23)37-19-28(29,30)31/h2-3,17-18H,4-16,19H2,1H3/b3-2+. The first-order chi connectivity index (χ1) is 18.1. The number of aromatic nitrogens is 3. The van der Waals surface area contributed by atoms with Gasteiger partial charge < -0.3 is 9.64 Å². The number of thiazole rings is 1. The molecule has 0 radical (unpaired) electrons. The molecule has 6 nitrogen and oxygen atoms in total. The Kier molecular flexibility index (Phi) is 7.91. The maximum Gasteiger partial charge on any atom is 0.422 e. The van der Waals surface area contributed by atoms with Gasteiger partial charge >= 0.3 is 6.18 Å². The van der Waals surface area contributed by atoms with Crippen molar-refractivity contribution in [2.45, 2.75) is 77.3 Å². The van der Waals surface area contributed by atoms with Crippen molar-refractivity contribution < 1.29 is 22.7 Å². The van der Waals surface area contributed by atoms with Gasteiger partial charge in [-0.3, -0.25) is 4.79 Å². The van der Waals surface area contributed by atoms with Crippen LogP contribution in [0.25, 0.3) is 6.08 Å². The van der Waals surface area contributed by atoms with Crippen LogP contribution in [0.15, 0.2) is 18.5 Å². The molecule has 0 unspecified atom stereocenters. The van der Waals surface area contributed by atoms with Crippen LogP contribution in [-0.4, -0.2) is 58.1 Å². The van der Waals surface area contributed by atoms with E-state index in [1.165, 1.54) is 37.0 Å². The second kappa shape index (κ2) is 11.0. The minimum atomic E-state index is -4.35. The first-order valence-electron chi connectivity index (χ1n) is 13.5. The summed E-state index contributed by atoms with van der Waals surface area (Å²) >= 11 is 1.26. The number of nitrogens with zero attached hydrogens (tertiary/aromatic N) is 4. The van der Waals surface area contributed by atoms with Crippen molar-refractivity contribution in [2.24, 2.45) is 10.8 Å². The van der Waals surface area contributed by atoms with Crippen LogP contribution >= 0.6 is 11.3 Å². The number of carbonyl (C=O) groups excluding carboxylic acids is 1. The van der Waals surface area contributed by atoms with Crippen LogP contribution in [0.5, 0.6) is 5.19 Å². The molecule has 6 rings (SSSR count).